The zero-order valence-electron chi connectivity index (χ0n) is 10.7. The van der Waals surface area contributed by atoms with Crippen LogP contribution in [-0.4, -0.2) is 10.1 Å². The number of aliphatic hydroxyl groups is 1. The van der Waals surface area contributed by atoms with Gasteiger partial charge < -0.3 is 9.52 Å². The fraction of sp³-hybridized carbons (Fsp3) is 0.188. The summed E-state index contributed by atoms with van der Waals surface area (Å²) in [6.07, 6.45) is 3.28. The van der Waals surface area contributed by atoms with Gasteiger partial charge in [0.1, 0.15) is 5.58 Å². The molecule has 0 aliphatic carbocycles. The molecule has 96 valence electrons. The summed E-state index contributed by atoms with van der Waals surface area (Å²) < 4.78 is 5.46. The minimum absolute atomic E-state index is 0.496. The highest BCUT2D eigenvalue weighted by Gasteiger charge is 2.16. The quantitative estimate of drug-likeness (QED) is 0.778. The highest BCUT2D eigenvalue weighted by atomic mass is 16.3. The molecule has 2 aromatic heterocycles. The number of nitrogens with zero attached hydrogens (tertiary/aromatic N) is 1. The lowest BCUT2D eigenvalue weighted by Gasteiger charge is -2.10. The van der Waals surface area contributed by atoms with E-state index in [9.17, 15) is 5.11 Å². The number of pyridine rings is 1. The molecular formula is C16H15NO2. The van der Waals surface area contributed by atoms with Crippen molar-refractivity contribution in [2.24, 2.45) is 0 Å². The molecule has 2 heterocycles. The van der Waals surface area contributed by atoms with E-state index in [4.69, 9.17) is 4.42 Å². The van der Waals surface area contributed by atoms with Gasteiger partial charge in [-0.05, 0) is 24.6 Å². The Hall–Kier alpha value is -2.13. The summed E-state index contributed by atoms with van der Waals surface area (Å²) in [5.74, 6) is 0. The first-order chi connectivity index (χ1) is 9.25. The summed E-state index contributed by atoms with van der Waals surface area (Å²) in [5, 5.41) is 11.3. The summed E-state index contributed by atoms with van der Waals surface area (Å²) in [6, 6.07) is 11.6. The third kappa shape index (κ3) is 2.25. The molecule has 19 heavy (non-hydrogen) atoms. The summed E-state index contributed by atoms with van der Waals surface area (Å²) in [7, 11) is 0. The fourth-order valence-corrected chi connectivity index (χ4v) is 2.28. The van der Waals surface area contributed by atoms with Gasteiger partial charge in [0.2, 0.25) is 0 Å². The van der Waals surface area contributed by atoms with Crippen LogP contribution in [0.4, 0.5) is 0 Å². The first kappa shape index (κ1) is 11.9. The van der Waals surface area contributed by atoms with Crippen molar-refractivity contribution >= 4 is 11.0 Å². The van der Waals surface area contributed by atoms with E-state index in [1.54, 1.807) is 12.5 Å². The van der Waals surface area contributed by atoms with Crippen LogP contribution in [0.2, 0.25) is 0 Å². The normalized spacial score (nSPS) is 12.7. The van der Waals surface area contributed by atoms with E-state index < -0.39 is 6.10 Å². The van der Waals surface area contributed by atoms with Gasteiger partial charge in [0.25, 0.3) is 0 Å². The van der Waals surface area contributed by atoms with Crippen LogP contribution in [0.1, 0.15) is 22.9 Å². The monoisotopic (exact) mass is 253 g/mol. The Balaban J connectivity index is 1.92. The van der Waals surface area contributed by atoms with Gasteiger partial charge >= 0.3 is 0 Å². The number of para-hydroxylation sites is 1. The van der Waals surface area contributed by atoms with Crippen LogP contribution in [0.15, 0.2) is 53.3 Å². The number of aromatic nitrogens is 1. The Bertz CT molecular complexity index is 703. The Morgan fingerprint density at radius 2 is 2.05 bits per heavy atom. The molecule has 1 aromatic carbocycles. The Kier molecular flexibility index (Phi) is 3.05. The molecule has 0 saturated heterocycles. The van der Waals surface area contributed by atoms with E-state index in [2.05, 4.69) is 4.98 Å². The van der Waals surface area contributed by atoms with Crippen LogP contribution < -0.4 is 0 Å². The lowest BCUT2D eigenvalue weighted by molar-refractivity contribution is 0.177. The molecule has 1 unspecified atom stereocenters. The molecule has 3 nitrogen and oxygen atoms in total. The molecule has 1 N–H and O–H groups in total. The molecular weight excluding hydrogens is 238 g/mol. The van der Waals surface area contributed by atoms with Gasteiger partial charge in [-0.2, -0.15) is 0 Å². The van der Waals surface area contributed by atoms with Crippen molar-refractivity contribution < 1.29 is 9.52 Å². The van der Waals surface area contributed by atoms with Gasteiger partial charge in [-0.25, -0.2) is 0 Å². The van der Waals surface area contributed by atoms with E-state index in [0.29, 0.717) is 6.42 Å². The number of rotatable bonds is 3. The van der Waals surface area contributed by atoms with Crippen LogP contribution in [0.5, 0.6) is 0 Å². The maximum atomic E-state index is 10.4. The SMILES string of the molecule is Cc1cccnc1CC(O)c1coc2ccccc12. The van der Waals surface area contributed by atoms with Gasteiger partial charge in [0.05, 0.1) is 12.4 Å². The van der Waals surface area contributed by atoms with Gasteiger partial charge in [0, 0.05) is 29.3 Å². The summed E-state index contributed by atoms with van der Waals surface area (Å²) in [5.41, 5.74) is 3.63. The lowest BCUT2D eigenvalue weighted by atomic mass is 10.0. The van der Waals surface area contributed by atoms with Crippen molar-refractivity contribution in [3.63, 3.8) is 0 Å². The maximum absolute atomic E-state index is 10.4. The molecule has 1 atom stereocenters. The van der Waals surface area contributed by atoms with Gasteiger partial charge in [-0.15, -0.1) is 0 Å². The second kappa shape index (κ2) is 4.86. The smallest absolute Gasteiger partial charge is 0.134 e. The average Bonchev–Trinajstić information content (AvgIpc) is 2.85. The summed E-state index contributed by atoms with van der Waals surface area (Å²) >= 11 is 0. The molecule has 0 amide bonds. The van der Waals surface area contributed by atoms with Crippen LogP contribution >= 0.6 is 0 Å². The first-order valence-corrected chi connectivity index (χ1v) is 6.30. The zero-order chi connectivity index (χ0) is 13.2. The first-order valence-electron chi connectivity index (χ1n) is 6.30. The minimum atomic E-state index is -0.600. The van der Waals surface area contributed by atoms with Crippen molar-refractivity contribution in [3.8, 4) is 0 Å². The molecule has 3 heteroatoms. The van der Waals surface area contributed by atoms with E-state index in [0.717, 1.165) is 27.8 Å². The number of aliphatic hydroxyl groups excluding tert-OH is 1. The van der Waals surface area contributed by atoms with E-state index >= 15 is 0 Å². The number of hydrogen-bond donors (Lipinski definition) is 1. The molecule has 0 radical (unpaired) electrons. The second-order valence-corrected chi connectivity index (χ2v) is 4.67. The Labute approximate surface area is 111 Å². The highest BCUT2D eigenvalue weighted by Crippen LogP contribution is 2.28. The molecule has 0 aliphatic heterocycles. The topological polar surface area (TPSA) is 46.3 Å². The van der Waals surface area contributed by atoms with E-state index in [-0.39, 0.29) is 0 Å². The van der Waals surface area contributed by atoms with Crippen LogP contribution in [0, 0.1) is 6.92 Å². The standard InChI is InChI=1S/C16H15NO2/c1-11-5-4-8-17-14(11)9-15(18)13-10-19-16-7-3-2-6-12(13)16/h2-8,10,15,18H,9H2,1H3. The number of furan rings is 1. The number of hydrogen-bond acceptors (Lipinski definition) is 3. The average molecular weight is 253 g/mol. The predicted molar refractivity (Wildman–Crippen MR) is 73.9 cm³/mol. The van der Waals surface area contributed by atoms with Gasteiger partial charge in [0.15, 0.2) is 0 Å². The van der Waals surface area contributed by atoms with Crippen molar-refractivity contribution in [1.82, 2.24) is 4.98 Å². The molecule has 0 bridgehead atoms. The van der Waals surface area contributed by atoms with E-state index in [1.165, 1.54) is 0 Å². The molecule has 3 aromatic rings. The second-order valence-electron chi connectivity index (χ2n) is 4.67. The number of benzene rings is 1. The highest BCUT2D eigenvalue weighted by molar-refractivity contribution is 5.81. The van der Waals surface area contributed by atoms with Gasteiger partial charge in [-0.3, -0.25) is 4.98 Å². The zero-order valence-corrected chi connectivity index (χ0v) is 10.7. The van der Waals surface area contributed by atoms with Crippen LogP contribution in [0.25, 0.3) is 11.0 Å². The molecule has 0 aliphatic rings. The van der Waals surface area contributed by atoms with Gasteiger partial charge in [-0.1, -0.05) is 24.3 Å². The third-order valence-corrected chi connectivity index (χ3v) is 3.37. The molecule has 0 fully saturated rings. The fourth-order valence-electron chi connectivity index (χ4n) is 2.28. The Morgan fingerprint density at radius 3 is 2.89 bits per heavy atom. The van der Waals surface area contributed by atoms with Crippen molar-refractivity contribution in [2.45, 2.75) is 19.4 Å². The number of fused-ring (bicyclic) bond motifs is 1. The lowest BCUT2D eigenvalue weighted by Crippen LogP contribution is -2.04. The van der Waals surface area contributed by atoms with Crippen LogP contribution in [-0.2, 0) is 6.42 Å². The molecule has 3 rings (SSSR count). The third-order valence-electron chi connectivity index (χ3n) is 3.37. The van der Waals surface area contributed by atoms with Crippen LogP contribution in [0.3, 0.4) is 0 Å². The largest absolute Gasteiger partial charge is 0.464 e. The van der Waals surface area contributed by atoms with Crippen molar-refractivity contribution in [2.75, 3.05) is 0 Å². The summed E-state index contributed by atoms with van der Waals surface area (Å²) in [4.78, 5) is 4.32. The van der Waals surface area contributed by atoms with Crippen molar-refractivity contribution in [3.05, 3.63) is 65.7 Å². The summed E-state index contributed by atoms with van der Waals surface area (Å²) in [6.45, 7) is 2.00. The van der Waals surface area contributed by atoms with Crippen molar-refractivity contribution in [1.29, 1.82) is 0 Å². The number of aryl methyl sites for hydroxylation is 1. The minimum Gasteiger partial charge on any atom is -0.464 e. The molecule has 0 saturated carbocycles. The molecule has 0 spiro atoms. The maximum Gasteiger partial charge on any atom is 0.134 e. The Morgan fingerprint density at radius 1 is 1.21 bits per heavy atom. The van der Waals surface area contributed by atoms with E-state index in [1.807, 2.05) is 43.3 Å². The predicted octanol–water partition coefficient (Wildman–Crippen LogP) is 3.41.